The van der Waals surface area contributed by atoms with Gasteiger partial charge in [-0.1, -0.05) is 58.3 Å². The Hall–Kier alpha value is -0.430. The van der Waals surface area contributed by atoms with Crippen molar-refractivity contribution >= 4 is 17.9 Å². The van der Waals surface area contributed by atoms with E-state index in [4.69, 9.17) is 4.74 Å². The summed E-state index contributed by atoms with van der Waals surface area (Å²) in [6.45, 7) is 2.20. The Balaban J connectivity index is 0. The van der Waals surface area contributed by atoms with E-state index in [9.17, 15) is 19.5 Å². The predicted octanol–water partition coefficient (Wildman–Crippen LogP) is -0.901. The first-order valence-electron chi connectivity index (χ1n) is 9.12. The van der Waals surface area contributed by atoms with Gasteiger partial charge in [0.1, 0.15) is 6.04 Å². The number of aliphatic carboxylic acids is 1. The molecule has 7 heteroatoms. The minimum Gasteiger partial charge on any atom is -0.550 e. The fourth-order valence-electron chi connectivity index (χ4n) is 2.46. The molecule has 0 aromatic heterocycles. The zero-order valence-corrected chi connectivity index (χ0v) is 18.1. The van der Waals surface area contributed by atoms with Crippen molar-refractivity contribution in [3.05, 3.63) is 0 Å². The first kappa shape index (κ1) is 26.8. The van der Waals surface area contributed by atoms with Crippen molar-refractivity contribution in [3.8, 4) is 0 Å². The van der Waals surface area contributed by atoms with Crippen molar-refractivity contribution in [3.63, 3.8) is 0 Å². The number of rotatable bonds is 15. The van der Waals surface area contributed by atoms with Crippen LogP contribution in [0.1, 0.15) is 84.0 Å². The molecule has 0 aliphatic carbocycles. The Kier molecular flexibility index (Phi) is 19.7. The van der Waals surface area contributed by atoms with Gasteiger partial charge < -0.3 is 20.0 Å². The van der Waals surface area contributed by atoms with Crippen LogP contribution < -0.4 is 40.0 Å². The molecule has 0 amide bonds. The molecule has 1 N–H and O–H groups in total. The summed E-state index contributed by atoms with van der Waals surface area (Å²) in [6, 6.07) is -0.796. The molecule has 0 fully saturated rings. The van der Waals surface area contributed by atoms with E-state index >= 15 is 0 Å². The van der Waals surface area contributed by atoms with E-state index in [0.717, 1.165) is 12.8 Å². The number of carbonyl (C=O) groups excluding carboxylic acids is 3. The standard InChI is InChI=1S/C18H33NO5.Na/c1-3-4-5-6-7-8-9-10-11-12-17(22)24-18(23)15(19-2)13-14-16(20)21;/h15,19H,3-14H2,1-2H3,(H,20,21);/q;+1/p-1/t15-;/m0./s1. The minimum atomic E-state index is -1.23. The largest absolute Gasteiger partial charge is 1.00 e. The average Bonchev–Trinajstić information content (AvgIpc) is 2.53. The Labute approximate surface area is 173 Å². The van der Waals surface area contributed by atoms with E-state index in [0.29, 0.717) is 6.42 Å². The van der Waals surface area contributed by atoms with Crippen molar-refractivity contribution in [1.29, 1.82) is 0 Å². The third kappa shape index (κ3) is 16.8. The summed E-state index contributed by atoms with van der Waals surface area (Å²) < 4.78 is 4.75. The van der Waals surface area contributed by atoms with E-state index in [1.165, 1.54) is 45.6 Å². The molecular formula is C18H32NNaO5. The number of carboxylic acids is 1. The van der Waals surface area contributed by atoms with Gasteiger partial charge in [-0.2, -0.15) is 0 Å². The van der Waals surface area contributed by atoms with Gasteiger partial charge in [-0.25, -0.2) is 4.79 Å². The molecule has 0 saturated heterocycles. The van der Waals surface area contributed by atoms with Gasteiger partial charge in [-0.15, -0.1) is 0 Å². The van der Waals surface area contributed by atoms with Gasteiger partial charge in [0.15, 0.2) is 0 Å². The van der Waals surface area contributed by atoms with Crippen molar-refractivity contribution in [2.75, 3.05) is 7.05 Å². The third-order valence-corrected chi connectivity index (χ3v) is 3.97. The Morgan fingerprint density at radius 2 is 1.44 bits per heavy atom. The van der Waals surface area contributed by atoms with Gasteiger partial charge in [0.05, 0.1) is 0 Å². The zero-order chi connectivity index (χ0) is 18.2. The number of carbonyl (C=O) groups is 3. The van der Waals surface area contributed by atoms with Crippen molar-refractivity contribution in [1.82, 2.24) is 5.32 Å². The number of hydrogen-bond donors (Lipinski definition) is 1. The molecule has 0 aliphatic rings. The van der Waals surface area contributed by atoms with E-state index in [1.54, 1.807) is 0 Å². The minimum absolute atomic E-state index is 0. The van der Waals surface area contributed by atoms with Crippen molar-refractivity contribution < 1.29 is 53.8 Å². The molecule has 6 nitrogen and oxygen atoms in total. The van der Waals surface area contributed by atoms with E-state index in [2.05, 4.69) is 12.2 Å². The molecular weight excluding hydrogens is 333 g/mol. The van der Waals surface area contributed by atoms with Crippen LogP contribution in [0.15, 0.2) is 0 Å². The molecule has 0 aromatic carbocycles. The summed E-state index contributed by atoms with van der Waals surface area (Å²) in [5, 5.41) is 13.1. The van der Waals surface area contributed by atoms with Gasteiger partial charge in [-0.3, -0.25) is 4.79 Å². The zero-order valence-electron chi connectivity index (χ0n) is 16.1. The van der Waals surface area contributed by atoms with Gasteiger partial charge in [0.2, 0.25) is 0 Å². The number of likely N-dealkylation sites (N-methyl/N-ethyl adjacent to an activating group) is 1. The average molecular weight is 365 g/mol. The van der Waals surface area contributed by atoms with Crippen LogP contribution in [0.2, 0.25) is 0 Å². The Bertz CT molecular complexity index is 376. The first-order chi connectivity index (χ1) is 11.5. The van der Waals surface area contributed by atoms with Gasteiger partial charge in [0.25, 0.3) is 0 Å². The molecule has 0 spiro atoms. The fraction of sp³-hybridized carbons (Fsp3) is 0.833. The summed E-state index contributed by atoms with van der Waals surface area (Å²) in [6.07, 6.45) is 10.3. The fourth-order valence-corrected chi connectivity index (χ4v) is 2.46. The molecule has 1 atom stereocenters. The first-order valence-corrected chi connectivity index (χ1v) is 9.12. The van der Waals surface area contributed by atoms with Crippen molar-refractivity contribution in [2.24, 2.45) is 0 Å². The van der Waals surface area contributed by atoms with E-state index in [-0.39, 0.29) is 48.8 Å². The normalized spacial score (nSPS) is 11.4. The van der Waals surface area contributed by atoms with Crippen LogP contribution in [-0.2, 0) is 19.1 Å². The molecule has 140 valence electrons. The number of nitrogens with one attached hydrogen (secondary N) is 1. The Morgan fingerprint density at radius 1 is 0.920 bits per heavy atom. The summed E-state index contributed by atoms with van der Waals surface area (Å²) in [5.74, 6) is -2.50. The molecule has 0 aromatic rings. The number of esters is 2. The van der Waals surface area contributed by atoms with Crippen LogP contribution >= 0.6 is 0 Å². The Morgan fingerprint density at radius 3 is 1.92 bits per heavy atom. The maximum Gasteiger partial charge on any atom is 1.00 e. The topological polar surface area (TPSA) is 95.5 Å². The van der Waals surface area contributed by atoms with Crippen LogP contribution in [0.3, 0.4) is 0 Å². The second-order valence-corrected chi connectivity index (χ2v) is 6.12. The smallest absolute Gasteiger partial charge is 0.550 e. The number of ether oxygens (including phenoxy) is 1. The molecule has 0 unspecified atom stereocenters. The van der Waals surface area contributed by atoms with Gasteiger partial charge >= 0.3 is 41.5 Å². The van der Waals surface area contributed by atoms with Crippen LogP contribution in [0.25, 0.3) is 0 Å². The summed E-state index contributed by atoms with van der Waals surface area (Å²) in [5.41, 5.74) is 0. The molecule has 0 saturated carbocycles. The maximum atomic E-state index is 11.7. The van der Waals surface area contributed by atoms with Crippen molar-refractivity contribution in [2.45, 2.75) is 90.0 Å². The third-order valence-electron chi connectivity index (χ3n) is 3.97. The summed E-state index contributed by atoms with van der Waals surface area (Å²) in [7, 11) is 1.52. The molecule has 0 bridgehead atoms. The molecule has 0 aliphatic heterocycles. The van der Waals surface area contributed by atoms with Crippen LogP contribution in [0, 0.1) is 0 Å². The summed E-state index contributed by atoms with van der Waals surface area (Å²) in [4.78, 5) is 33.8. The summed E-state index contributed by atoms with van der Waals surface area (Å²) >= 11 is 0. The quantitative estimate of drug-likeness (QED) is 0.175. The van der Waals surface area contributed by atoms with Crippen LogP contribution in [0.4, 0.5) is 0 Å². The maximum absolute atomic E-state index is 11.7. The number of hydrogen-bond acceptors (Lipinski definition) is 6. The molecule has 25 heavy (non-hydrogen) atoms. The predicted molar refractivity (Wildman–Crippen MR) is 90.0 cm³/mol. The van der Waals surface area contributed by atoms with E-state index in [1.807, 2.05) is 0 Å². The molecule has 0 radical (unpaired) electrons. The van der Waals surface area contributed by atoms with Gasteiger partial charge in [-0.05, 0) is 26.3 Å². The second-order valence-electron chi connectivity index (χ2n) is 6.12. The van der Waals surface area contributed by atoms with Gasteiger partial charge in [0, 0.05) is 12.4 Å². The second kappa shape index (κ2) is 18.4. The SMILES string of the molecule is CCCCCCCCCCCC(=O)OC(=O)[C@H](CCC(=O)[O-])NC.[Na+]. The van der Waals surface area contributed by atoms with E-state index < -0.39 is 23.9 Å². The van der Waals surface area contributed by atoms with Crippen LogP contribution in [0.5, 0.6) is 0 Å². The molecule has 0 rings (SSSR count). The van der Waals surface area contributed by atoms with Crippen LogP contribution in [-0.4, -0.2) is 31.0 Å². The number of unbranched alkanes of at least 4 members (excludes halogenated alkanes) is 8. The molecule has 0 heterocycles. The monoisotopic (exact) mass is 365 g/mol. The number of carboxylic acid groups (broad SMARTS) is 1.